The molecule has 1 N–H and O–H groups in total. The van der Waals surface area contributed by atoms with Gasteiger partial charge in [-0.05, 0) is 57.1 Å². The minimum absolute atomic E-state index is 0.415. The lowest BCUT2D eigenvalue weighted by Crippen LogP contribution is -2.31. The Morgan fingerprint density at radius 1 is 1.20 bits per heavy atom. The summed E-state index contributed by atoms with van der Waals surface area (Å²) < 4.78 is 5.72. The summed E-state index contributed by atoms with van der Waals surface area (Å²) >= 11 is 0. The molecule has 0 spiro atoms. The van der Waals surface area contributed by atoms with Gasteiger partial charge in [0.2, 0.25) is 0 Å². The van der Waals surface area contributed by atoms with E-state index in [0.717, 1.165) is 25.3 Å². The Labute approximate surface area is 123 Å². The van der Waals surface area contributed by atoms with E-state index in [2.05, 4.69) is 41.4 Å². The Balaban J connectivity index is 1.88. The third kappa shape index (κ3) is 4.50. The Morgan fingerprint density at radius 2 is 1.90 bits per heavy atom. The summed E-state index contributed by atoms with van der Waals surface area (Å²) in [5.74, 6) is 0.984. The van der Waals surface area contributed by atoms with Gasteiger partial charge in [0.05, 0.1) is 6.61 Å². The predicted octanol–water partition coefficient (Wildman–Crippen LogP) is 3.22. The Bertz CT molecular complexity index is 371. The summed E-state index contributed by atoms with van der Waals surface area (Å²) in [7, 11) is 2.05. The molecular weight excluding hydrogens is 248 g/mol. The summed E-state index contributed by atoms with van der Waals surface area (Å²) in [6.45, 7) is 6.60. The van der Waals surface area contributed by atoms with Crippen molar-refractivity contribution in [3.05, 3.63) is 29.8 Å². The highest BCUT2D eigenvalue weighted by atomic mass is 16.5. The molecule has 0 amide bonds. The van der Waals surface area contributed by atoms with Gasteiger partial charge >= 0.3 is 0 Å². The second-order valence-corrected chi connectivity index (χ2v) is 5.62. The molecule has 1 saturated heterocycles. The van der Waals surface area contributed by atoms with Gasteiger partial charge in [-0.15, -0.1) is 0 Å². The van der Waals surface area contributed by atoms with Gasteiger partial charge in [0, 0.05) is 12.6 Å². The van der Waals surface area contributed by atoms with Crippen molar-refractivity contribution in [3.8, 4) is 5.75 Å². The van der Waals surface area contributed by atoms with Gasteiger partial charge in [-0.2, -0.15) is 0 Å². The maximum absolute atomic E-state index is 5.72. The highest BCUT2D eigenvalue weighted by Gasteiger charge is 2.17. The topological polar surface area (TPSA) is 24.5 Å². The zero-order chi connectivity index (χ0) is 14.2. The van der Waals surface area contributed by atoms with E-state index in [1.54, 1.807) is 0 Å². The molecule has 1 aliphatic rings. The van der Waals surface area contributed by atoms with Crippen molar-refractivity contribution < 1.29 is 4.74 Å². The number of nitrogens with one attached hydrogen (secondary N) is 1. The molecule has 0 radical (unpaired) electrons. The molecule has 0 aliphatic carbocycles. The van der Waals surface area contributed by atoms with Crippen molar-refractivity contribution in [1.29, 1.82) is 0 Å². The van der Waals surface area contributed by atoms with Crippen LogP contribution in [0.1, 0.15) is 44.2 Å². The van der Waals surface area contributed by atoms with Crippen LogP contribution in [0.3, 0.4) is 0 Å². The van der Waals surface area contributed by atoms with Crippen LogP contribution in [0.2, 0.25) is 0 Å². The maximum Gasteiger partial charge on any atom is 0.119 e. The van der Waals surface area contributed by atoms with Crippen molar-refractivity contribution in [2.24, 2.45) is 0 Å². The first-order chi connectivity index (χ1) is 9.83. The van der Waals surface area contributed by atoms with E-state index in [1.165, 1.54) is 37.9 Å². The summed E-state index contributed by atoms with van der Waals surface area (Å²) in [6.07, 6.45) is 4.99. The monoisotopic (exact) mass is 276 g/mol. The Morgan fingerprint density at radius 3 is 2.50 bits per heavy atom. The van der Waals surface area contributed by atoms with Gasteiger partial charge in [0.25, 0.3) is 0 Å². The largest absolute Gasteiger partial charge is 0.494 e. The fourth-order valence-electron chi connectivity index (χ4n) is 2.72. The van der Waals surface area contributed by atoms with Gasteiger partial charge in [-0.1, -0.05) is 25.5 Å². The smallest absolute Gasteiger partial charge is 0.119 e. The number of nitrogens with zero attached hydrogens (tertiary/aromatic N) is 1. The van der Waals surface area contributed by atoms with E-state index < -0.39 is 0 Å². The number of hydrogen-bond donors (Lipinski definition) is 1. The number of unbranched alkanes of at least 4 members (excludes halogenated alkanes) is 1. The zero-order valence-electron chi connectivity index (χ0n) is 12.9. The molecule has 3 heteroatoms. The Hall–Kier alpha value is -1.06. The van der Waals surface area contributed by atoms with Gasteiger partial charge in [-0.25, -0.2) is 0 Å². The quantitative estimate of drug-likeness (QED) is 0.738. The summed E-state index contributed by atoms with van der Waals surface area (Å²) in [6, 6.07) is 8.99. The molecule has 0 aromatic heterocycles. The van der Waals surface area contributed by atoms with Crippen molar-refractivity contribution in [2.75, 3.05) is 33.3 Å². The minimum Gasteiger partial charge on any atom is -0.494 e. The Kier molecular flexibility index (Phi) is 6.34. The number of hydrogen-bond acceptors (Lipinski definition) is 3. The fourth-order valence-corrected chi connectivity index (χ4v) is 2.72. The minimum atomic E-state index is 0.415. The predicted molar refractivity (Wildman–Crippen MR) is 84.3 cm³/mol. The van der Waals surface area contributed by atoms with E-state index in [0.29, 0.717) is 6.04 Å². The van der Waals surface area contributed by atoms with Crippen LogP contribution in [0.15, 0.2) is 24.3 Å². The molecule has 0 bridgehead atoms. The molecule has 1 aromatic carbocycles. The maximum atomic E-state index is 5.72. The third-order valence-corrected chi connectivity index (χ3v) is 4.04. The van der Waals surface area contributed by atoms with Gasteiger partial charge in [0.1, 0.15) is 5.75 Å². The van der Waals surface area contributed by atoms with Crippen molar-refractivity contribution in [3.63, 3.8) is 0 Å². The average molecular weight is 276 g/mol. The zero-order valence-corrected chi connectivity index (χ0v) is 12.9. The first kappa shape index (κ1) is 15.3. The normalized spacial score (nSPS) is 17.3. The lowest BCUT2D eigenvalue weighted by atomic mass is 10.1. The van der Waals surface area contributed by atoms with Gasteiger partial charge in [-0.3, -0.25) is 0 Å². The number of likely N-dealkylation sites (N-methyl/N-ethyl adjacent to an activating group) is 1. The van der Waals surface area contributed by atoms with Crippen LogP contribution in [0.25, 0.3) is 0 Å². The third-order valence-electron chi connectivity index (χ3n) is 4.04. The van der Waals surface area contributed by atoms with E-state index in [4.69, 9.17) is 4.74 Å². The van der Waals surface area contributed by atoms with E-state index in [-0.39, 0.29) is 0 Å². The first-order valence-electron chi connectivity index (χ1n) is 7.96. The average Bonchev–Trinajstić information content (AvgIpc) is 2.99. The van der Waals surface area contributed by atoms with Crippen molar-refractivity contribution >= 4 is 0 Å². The van der Waals surface area contributed by atoms with Crippen LogP contribution in [0, 0.1) is 0 Å². The number of likely N-dealkylation sites (tertiary alicyclic amines) is 1. The van der Waals surface area contributed by atoms with Crippen LogP contribution in [0.4, 0.5) is 0 Å². The second kappa shape index (κ2) is 8.28. The molecule has 1 atom stereocenters. The highest BCUT2D eigenvalue weighted by Crippen LogP contribution is 2.20. The number of rotatable bonds is 8. The number of ether oxygens (including phenoxy) is 1. The molecule has 3 nitrogen and oxygen atoms in total. The summed E-state index contributed by atoms with van der Waals surface area (Å²) in [5, 5.41) is 3.43. The fraction of sp³-hybridized carbons (Fsp3) is 0.647. The molecule has 1 fully saturated rings. The van der Waals surface area contributed by atoms with Crippen LogP contribution in [-0.2, 0) is 0 Å². The molecule has 112 valence electrons. The molecule has 1 aliphatic heterocycles. The van der Waals surface area contributed by atoms with E-state index in [1.807, 2.05) is 7.05 Å². The SMILES string of the molecule is CCCCOc1ccc(C(CN2CCCC2)NC)cc1. The van der Waals surface area contributed by atoms with Crippen molar-refractivity contribution in [1.82, 2.24) is 10.2 Å². The van der Waals surface area contributed by atoms with Crippen LogP contribution < -0.4 is 10.1 Å². The molecule has 1 aromatic rings. The standard InChI is InChI=1S/C17H28N2O/c1-3-4-13-20-16-9-7-15(8-10-16)17(18-2)14-19-11-5-6-12-19/h7-10,17-18H,3-6,11-14H2,1-2H3. The van der Waals surface area contributed by atoms with E-state index in [9.17, 15) is 0 Å². The highest BCUT2D eigenvalue weighted by molar-refractivity contribution is 5.29. The van der Waals surface area contributed by atoms with Gasteiger partial charge < -0.3 is 15.0 Å². The summed E-state index contributed by atoms with van der Waals surface area (Å²) in [5.41, 5.74) is 1.35. The molecule has 20 heavy (non-hydrogen) atoms. The molecule has 1 unspecified atom stereocenters. The van der Waals surface area contributed by atoms with Crippen LogP contribution >= 0.6 is 0 Å². The number of benzene rings is 1. The van der Waals surface area contributed by atoms with Crippen LogP contribution in [-0.4, -0.2) is 38.2 Å². The molecule has 0 saturated carbocycles. The lowest BCUT2D eigenvalue weighted by molar-refractivity contribution is 0.298. The molecular formula is C17H28N2O. The molecule has 2 rings (SSSR count). The van der Waals surface area contributed by atoms with Gasteiger partial charge in [0.15, 0.2) is 0 Å². The van der Waals surface area contributed by atoms with Crippen molar-refractivity contribution in [2.45, 2.75) is 38.6 Å². The van der Waals surface area contributed by atoms with Crippen LogP contribution in [0.5, 0.6) is 5.75 Å². The molecule has 1 heterocycles. The lowest BCUT2D eigenvalue weighted by Gasteiger charge is -2.23. The summed E-state index contributed by atoms with van der Waals surface area (Å²) in [4.78, 5) is 2.55. The second-order valence-electron chi connectivity index (χ2n) is 5.62. The van der Waals surface area contributed by atoms with E-state index >= 15 is 0 Å². The first-order valence-corrected chi connectivity index (χ1v) is 7.96.